The summed E-state index contributed by atoms with van der Waals surface area (Å²) in [6.07, 6.45) is -0.576. The van der Waals surface area contributed by atoms with E-state index in [-0.39, 0.29) is 30.3 Å². The van der Waals surface area contributed by atoms with Gasteiger partial charge in [0.2, 0.25) is 11.8 Å². The molecule has 1 aromatic heterocycles. The van der Waals surface area contributed by atoms with Crippen LogP contribution < -0.4 is 15.0 Å². The SMILES string of the molecule is COc1ccc(N2CCN(C(=O)COC3CCC(Nc4ccc([N+](=O)[O-])c(C(F)(F)F)c4)CC3)CC2)cn1. The minimum Gasteiger partial charge on any atom is -0.481 e. The number of carbonyl (C=O) groups excluding carboxylic acids is 1. The summed E-state index contributed by atoms with van der Waals surface area (Å²) < 4.78 is 50.7. The Balaban J connectivity index is 1.19. The molecule has 0 unspecified atom stereocenters. The molecule has 1 saturated heterocycles. The van der Waals surface area contributed by atoms with Crippen LogP contribution in [0.25, 0.3) is 0 Å². The van der Waals surface area contributed by atoms with Gasteiger partial charge in [-0.2, -0.15) is 13.2 Å². The highest BCUT2D eigenvalue weighted by atomic mass is 19.4. The average molecular weight is 538 g/mol. The van der Waals surface area contributed by atoms with Crippen molar-refractivity contribution in [1.29, 1.82) is 0 Å². The van der Waals surface area contributed by atoms with Gasteiger partial charge in [0.15, 0.2) is 0 Å². The molecule has 1 aliphatic carbocycles. The van der Waals surface area contributed by atoms with Crippen molar-refractivity contribution in [3.8, 4) is 5.88 Å². The molecule has 0 spiro atoms. The molecule has 206 valence electrons. The highest BCUT2D eigenvalue weighted by Crippen LogP contribution is 2.38. The third kappa shape index (κ3) is 6.82. The molecule has 2 aliphatic rings. The zero-order valence-corrected chi connectivity index (χ0v) is 20.9. The summed E-state index contributed by atoms with van der Waals surface area (Å²) in [7, 11) is 1.56. The molecule has 1 aromatic carbocycles. The Morgan fingerprint density at radius 3 is 2.42 bits per heavy atom. The zero-order valence-electron chi connectivity index (χ0n) is 20.9. The molecule has 2 heterocycles. The normalized spacial score (nSPS) is 20.2. The van der Waals surface area contributed by atoms with E-state index < -0.39 is 22.4 Å². The van der Waals surface area contributed by atoms with Gasteiger partial charge in [0.05, 0.1) is 30.0 Å². The molecule has 1 saturated carbocycles. The third-order valence-corrected chi connectivity index (χ3v) is 6.91. The van der Waals surface area contributed by atoms with Crippen LogP contribution in [0.5, 0.6) is 5.88 Å². The molecule has 0 atom stereocenters. The molecule has 2 fully saturated rings. The number of nitro groups is 1. The molecule has 38 heavy (non-hydrogen) atoms. The summed E-state index contributed by atoms with van der Waals surface area (Å²) in [5.74, 6) is 0.481. The van der Waals surface area contributed by atoms with Crippen LogP contribution >= 0.6 is 0 Å². The van der Waals surface area contributed by atoms with E-state index in [0.29, 0.717) is 57.7 Å². The summed E-state index contributed by atoms with van der Waals surface area (Å²) in [6, 6.07) is 6.60. The Labute approximate surface area is 217 Å². The van der Waals surface area contributed by atoms with Gasteiger partial charge in [0.1, 0.15) is 12.2 Å². The number of rotatable bonds is 8. The van der Waals surface area contributed by atoms with E-state index in [9.17, 15) is 28.1 Å². The Bertz CT molecular complexity index is 1120. The van der Waals surface area contributed by atoms with Crippen molar-refractivity contribution >= 4 is 23.0 Å². The Kier molecular flexibility index (Phi) is 8.55. The number of piperazine rings is 1. The number of alkyl halides is 3. The van der Waals surface area contributed by atoms with Gasteiger partial charge in [0, 0.05) is 50.0 Å². The van der Waals surface area contributed by atoms with E-state index in [1.165, 1.54) is 6.07 Å². The first-order chi connectivity index (χ1) is 18.1. The van der Waals surface area contributed by atoms with Crippen LogP contribution in [0.4, 0.5) is 30.2 Å². The highest BCUT2D eigenvalue weighted by Gasteiger charge is 2.38. The summed E-state index contributed by atoms with van der Waals surface area (Å²) in [6.45, 7) is 2.54. The fourth-order valence-corrected chi connectivity index (χ4v) is 4.80. The molecule has 1 N–H and O–H groups in total. The van der Waals surface area contributed by atoms with E-state index >= 15 is 0 Å². The van der Waals surface area contributed by atoms with Crippen molar-refractivity contribution in [3.05, 3.63) is 52.2 Å². The Morgan fingerprint density at radius 2 is 1.84 bits per heavy atom. The van der Waals surface area contributed by atoms with Crippen LogP contribution in [0.3, 0.4) is 0 Å². The van der Waals surface area contributed by atoms with Gasteiger partial charge < -0.3 is 24.6 Å². The van der Waals surface area contributed by atoms with Gasteiger partial charge in [-0.3, -0.25) is 14.9 Å². The quantitative estimate of drug-likeness (QED) is 0.396. The molecule has 0 radical (unpaired) electrons. The van der Waals surface area contributed by atoms with Crippen LogP contribution in [0.15, 0.2) is 36.5 Å². The van der Waals surface area contributed by atoms with Crippen LogP contribution in [0, 0.1) is 10.1 Å². The molecular formula is C25H30F3N5O5. The fraction of sp³-hybridized carbons (Fsp3) is 0.520. The second-order valence-corrected chi connectivity index (χ2v) is 9.34. The molecule has 4 rings (SSSR count). The van der Waals surface area contributed by atoms with Gasteiger partial charge in [0.25, 0.3) is 5.69 Å². The summed E-state index contributed by atoms with van der Waals surface area (Å²) in [5, 5.41) is 14.0. The molecule has 1 aliphatic heterocycles. The first kappa shape index (κ1) is 27.4. The maximum Gasteiger partial charge on any atom is 0.423 e. The number of nitrogens with one attached hydrogen (secondary N) is 1. The van der Waals surface area contributed by atoms with Crippen molar-refractivity contribution in [3.63, 3.8) is 0 Å². The minimum absolute atomic E-state index is 0.00977. The molecule has 13 heteroatoms. The Morgan fingerprint density at radius 1 is 1.13 bits per heavy atom. The highest BCUT2D eigenvalue weighted by molar-refractivity contribution is 5.77. The standard InChI is InChI=1S/C25H30F3N5O5/c1-37-23-9-5-19(15-29-23)31-10-12-32(13-11-31)24(34)16-38-20-6-2-17(3-7-20)30-18-4-8-22(33(35)36)21(14-18)25(26,27)28/h4-5,8-9,14-15,17,20,30H,2-3,6-7,10-13,16H2,1H3. The Hall–Kier alpha value is -3.61. The van der Waals surface area contributed by atoms with E-state index in [1.54, 1.807) is 24.3 Å². The van der Waals surface area contributed by atoms with Gasteiger partial charge in [-0.25, -0.2) is 4.98 Å². The third-order valence-electron chi connectivity index (χ3n) is 6.91. The zero-order chi connectivity index (χ0) is 27.3. The summed E-state index contributed by atoms with van der Waals surface area (Å²) in [4.78, 5) is 30.7. The number of hydrogen-bond acceptors (Lipinski definition) is 8. The smallest absolute Gasteiger partial charge is 0.423 e. The summed E-state index contributed by atoms with van der Waals surface area (Å²) in [5.41, 5.74) is -1.08. The predicted octanol–water partition coefficient (Wildman–Crippen LogP) is 4.11. The summed E-state index contributed by atoms with van der Waals surface area (Å²) >= 11 is 0. The number of hydrogen-bond donors (Lipinski definition) is 1. The molecule has 10 nitrogen and oxygen atoms in total. The van der Waals surface area contributed by atoms with E-state index in [0.717, 1.165) is 17.8 Å². The first-order valence-corrected chi connectivity index (χ1v) is 12.4. The molecule has 2 aromatic rings. The molecule has 1 amide bonds. The number of aromatic nitrogens is 1. The van der Waals surface area contributed by atoms with Crippen LogP contribution in [-0.4, -0.2) is 72.8 Å². The van der Waals surface area contributed by atoms with Crippen molar-refractivity contribution in [2.45, 2.75) is 44.0 Å². The number of nitrogens with zero attached hydrogens (tertiary/aromatic N) is 4. The monoisotopic (exact) mass is 537 g/mol. The van der Waals surface area contributed by atoms with Crippen molar-refractivity contribution in [2.75, 3.05) is 50.1 Å². The van der Waals surface area contributed by atoms with Crippen LogP contribution in [0.2, 0.25) is 0 Å². The van der Waals surface area contributed by atoms with Gasteiger partial charge >= 0.3 is 6.18 Å². The lowest BCUT2D eigenvalue weighted by atomic mass is 9.92. The number of anilines is 2. The fourth-order valence-electron chi connectivity index (χ4n) is 4.80. The maximum atomic E-state index is 13.2. The maximum absolute atomic E-state index is 13.2. The van der Waals surface area contributed by atoms with Crippen molar-refractivity contribution < 1.29 is 32.4 Å². The number of carbonyl (C=O) groups is 1. The van der Waals surface area contributed by atoms with Crippen LogP contribution in [-0.2, 0) is 15.7 Å². The predicted molar refractivity (Wildman–Crippen MR) is 133 cm³/mol. The number of pyridine rings is 1. The lowest BCUT2D eigenvalue weighted by Gasteiger charge is -2.36. The van der Waals surface area contributed by atoms with Gasteiger partial charge in [-0.15, -0.1) is 0 Å². The average Bonchev–Trinajstić information content (AvgIpc) is 2.92. The lowest BCUT2D eigenvalue weighted by Crippen LogP contribution is -2.50. The van der Waals surface area contributed by atoms with E-state index in [2.05, 4.69) is 15.2 Å². The van der Waals surface area contributed by atoms with Gasteiger partial charge in [-0.1, -0.05) is 0 Å². The number of methoxy groups -OCH3 is 1. The molecule has 0 bridgehead atoms. The van der Waals surface area contributed by atoms with Crippen molar-refractivity contribution in [2.24, 2.45) is 0 Å². The van der Waals surface area contributed by atoms with Gasteiger partial charge in [-0.05, 0) is 43.9 Å². The first-order valence-electron chi connectivity index (χ1n) is 12.4. The number of benzene rings is 1. The number of halogens is 3. The number of ether oxygens (including phenoxy) is 2. The lowest BCUT2D eigenvalue weighted by molar-refractivity contribution is -0.388. The van der Waals surface area contributed by atoms with E-state index in [1.807, 2.05) is 6.07 Å². The largest absolute Gasteiger partial charge is 0.481 e. The van der Waals surface area contributed by atoms with Crippen LogP contribution in [0.1, 0.15) is 31.2 Å². The second kappa shape index (κ2) is 11.8. The minimum atomic E-state index is -4.82. The number of amides is 1. The second-order valence-electron chi connectivity index (χ2n) is 9.34. The topological polar surface area (TPSA) is 110 Å². The van der Waals surface area contributed by atoms with E-state index in [4.69, 9.17) is 9.47 Å². The van der Waals surface area contributed by atoms with Crippen molar-refractivity contribution in [1.82, 2.24) is 9.88 Å². The molecular weight excluding hydrogens is 507 g/mol. The number of nitro benzene ring substituents is 1.